The molecule has 0 atom stereocenters. The Balaban J connectivity index is 2.24. The summed E-state index contributed by atoms with van der Waals surface area (Å²) in [5.41, 5.74) is 1.18. The van der Waals surface area contributed by atoms with Crippen LogP contribution in [-0.4, -0.2) is 13.7 Å². The van der Waals surface area contributed by atoms with Gasteiger partial charge >= 0.3 is 0 Å². The quantitative estimate of drug-likeness (QED) is 0.580. The third-order valence-corrected chi connectivity index (χ3v) is 2.56. The molecule has 0 radical (unpaired) electrons. The highest BCUT2D eigenvalue weighted by Gasteiger charge is 1.94. The largest absolute Gasteiger partial charge is 0.497 e. The maximum atomic E-state index is 5.55. The molecule has 0 aliphatic heterocycles. The van der Waals surface area contributed by atoms with Crippen molar-refractivity contribution in [2.24, 2.45) is 0 Å². The van der Waals surface area contributed by atoms with Crippen molar-refractivity contribution in [2.45, 2.75) is 20.0 Å². The van der Waals surface area contributed by atoms with E-state index in [4.69, 9.17) is 9.47 Å². The number of hydrogen-bond acceptors (Lipinski definition) is 2. The Morgan fingerprint density at radius 2 is 2.00 bits per heavy atom. The van der Waals surface area contributed by atoms with Crippen LogP contribution in [0.2, 0.25) is 0 Å². The Labute approximate surface area is 111 Å². The number of halogens is 1. The van der Waals surface area contributed by atoms with Crippen LogP contribution in [0.15, 0.2) is 33.9 Å². The van der Waals surface area contributed by atoms with Crippen molar-refractivity contribution >= 4 is 22.6 Å². The second-order valence-electron chi connectivity index (χ2n) is 3.48. The number of methoxy groups -OCH3 is 1. The first-order valence-corrected chi connectivity index (χ1v) is 6.33. The average Bonchev–Trinajstić information content (AvgIpc) is 2.29. The lowest BCUT2D eigenvalue weighted by atomic mass is 10.2. The van der Waals surface area contributed by atoms with Gasteiger partial charge in [0.2, 0.25) is 0 Å². The fraction of sp³-hybridized carbons (Fsp3) is 0.385. The summed E-state index contributed by atoms with van der Waals surface area (Å²) >= 11 is 2.31. The summed E-state index contributed by atoms with van der Waals surface area (Å²) < 4.78 is 12.0. The van der Waals surface area contributed by atoms with Gasteiger partial charge in [0, 0.05) is 0 Å². The van der Waals surface area contributed by atoms with E-state index in [1.807, 2.05) is 24.3 Å². The molecule has 0 fully saturated rings. The summed E-state index contributed by atoms with van der Waals surface area (Å²) in [4.78, 5) is 0. The summed E-state index contributed by atoms with van der Waals surface area (Å²) in [5.74, 6) is 0.882. The molecule has 2 nitrogen and oxygen atoms in total. The molecule has 0 aliphatic carbocycles. The highest BCUT2D eigenvalue weighted by atomic mass is 127. The topological polar surface area (TPSA) is 18.5 Å². The van der Waals surface area contributed by atoms with Gasteiger partial charge in [-0.1, -0.05) is 18.2 Å². The molecule has 0 saturated carbocycles. The van der Waals surface area contributed by atoms with E-state index in [2.05, 4.69) is 35.6 Å². The highest BCUT2D eigenvalue weighted by molar-refractivity contribution is 14.1. The number of hydrogen-bond donors (Lipinski definition) is 0. The van der Waals surface area contributed by atoms with E-state index >= 15 is 0 Å². The van der Waals surface area contributed by atoms with Crippen molar-refractivity contribution in [3.05, 3.63) is 39.5 Å². The summed E-state index contributed by atoms with van der Waals surface area (Å²) in [6.45, 7) is 3.52. The lowest BCUT2D eigenvalue weighted by molar-refractivity contribution is 0.125. The van der Waals surface area contributed by atoms with Crippen LogP contribution < -0.4 is 4.74 Å². The first-order valence-electron chi connectivity index (χ1n) is 5.25. The smallest absolute Gasteiger partial charge is 0.118 e. The van der Waals surface area contributed by atoms with Crippen molar-refractivity contribution in [1.82, 2.24) is 0 Å². The van der Waals surface area contributed by atoms with Gasteiger partial charge in [0.05, 0.1) is 20.3 Å². The maximum Gasteiger partial charge on any atom is 0.118 e. The van der Waals surface area contributed by atoms with Crippen molar-refractivity contribution in [3.63, 3.8) is 0 Å². The third kappa shape index (κ3) is 5.51. The van der Waals surface area contributed by atoms with Crippen molar-refractivity contribution in [2.75, 3.05) is 13.7 Å². The summed E-state index contributed by atoms with van der Waals surface area (Å²) in [7, 11) is 1.67. The van der Waals surface area contributed by atoms with Crippen molar-refractivity contribution < 1.29 is 9.47 Å². The average molecular weight is 332 g/mol. The normalized spacial score (nSPS) is 11.6. The molecule has 0 amide bonds. The van der Waals surface area contributed by atoms with E-state index < -0.39 is 0 Å². The number of rotatable bonds is 6. The van der Waals surface area contributed by atoms with Gasteiger partial charge in [-0.2, -0.15) is 0 Å². The molecule has 0 aromatic heterocycles. The SMILES string of the molecule is COc1ccc(COCC/C=C(\C)I)cc1. The second-order valence-corrected chi connectivity index (χ2v) is 5.18. The molecule has 1 aromatic carbocycles. The first kappa shape index (κ1) is 13.5. The van der Waals surface area contributed by atoms with Gasteiger partial charge in [0.15, 0.2) is 0 Å². The lowest BCUT2D eigenvalue weighted by Gasteiger charge is -2.04. The molecule has 0 spiro atoms. The van der Waals surface area contributed by atoms with Crippen LogP contribution in [0.4, 0.5) is 0 Å². The Bertz CT molecular complexity index is 326. The van der Waals surface area contributed by atoms with Crippen LogP contribution in [-0.2, 0) is 11.3 Å². The minimum Gasteiger partial charge on any atom is -0.497 e. The van der Waals surface area contributed by atoms with Gasteiger partial charge in [-0.3, -0.25) is 0 Å². The Kier molecular flexibility index (Phi) is 6.49. The fourth-order valence-electron chi connectivity index (χ4n) is 1.25. The van der Waals surface area contributed by atoms with Crippen LogP contribution in [0.1, 0.15) is 18.9 Å². The van der Waals surface area contributed by atoms with E-state index in [0.717, 1.165) is 18.8 Å². The number of ether oxygens (including phenoxy) is 2. The molecule has 0 heterocycles. The number of benzene rings is 1. The fourth-order valence-corrected chi connectivity index (χ4v) is 1.56. The predicted molar refractivity (Wildman–Crippen MR) is 75.0 cm³/mol. The second kappa shape index (κ2) is 7.68. The van der Waals surface area contributed by atoms with Crippen molar-refractivity contribution in [1.29, 1.82) is 0 Å². The first-order chi connectivity index (χ1) is 7.72. The minimum absolute atomic E-state index is 0.665. The molecule has 0 N–H and O–H groups in total. The molecule has 0 saturated heterocycles. The third-order valence-electron chi connectivity index (χ3n) is 2.12. The van der Waals surface area contributed by atoms with Crippen LogP contribution in [0.25, 0.3) is 0 Å². The van der Waals surface area contributed by atoms with Crippen LogP contribution in [0, 0.1) is 0 Å². The van der Waals surface area contributed by atoms with Gasteiger partial charge < -0.3 is 9.47 Å². The highest BCUT2D eigenvalue weighted by Crippen LogP contribution is 2.12. The molecule has 3 heteroatoms. The minimum atomic E-state index is 0.665. The van der Waals surface area contributed by atoms with Gasteiger partial charge in [0.1, 0.15) is 5.75 Å². The zero-order chi connectivity index (χ0) is 11.8. The molecule has 1 rings (SSSR count). The van der Waals surface area contributed by atoms with E-state index in [-0.39, 0.29) is 0 Å². The monoisotopic (exact) mass is 332 g/mol. The van der Waals surface area contributed by atoms with Gasteiger partial charge in [0.25, 0.3) is 0 Å². The van der Waals surface area contributed by atoms with Crippen LogP contribution in [0.3, 0.4) is 0 Å². The molecule has 0 unspecified atom stereocenters. The van der Waals surface area contributed by atoms with Crippen molar-refractivity contribution in [3.8, 4) is 5.75 Å². The van der Waals surface area contributed by atoms with E-state index in [0.29, 0.717) is 6.61 Å². The van der Waals surface area contributed by atoms with E-state index in [1.165, 1.54) is 9.14 Å². The molecule has 16 heavy (non-hydrogen) atoms. The molecule has 88 valence electrons. The van der Waals surface area contributed by atoms with Crippen LogP contribution >= 0.6 is 22.6 Å². The lowest BCUT2D eigenvalue weighted by Crippen LogP contribution is -1.94. The maximum absolute atomic E-state index is 5.55. The van der Waals surface area contributed by atoms with Crippen LogP contribution in [0.5, 0.6) is 5.75 Å². The Morgan fingerprint density at radius 1 is 1.31 bits per heavy atom. The summed E-state index contributed by atoms with van der Waals surface area (Å²) in [5, 5.41) is 0. The molecule has 0 bridgehead atoms. The zero-order valence-electron chi connectivity index (χ0n) is 9.70. The Morgan fingerprint density at radius 3 is 2.56 bits per heavy atom. The molecular formula is C13H17IO2. The summed E-state index contributed by atoms with van der Waals surface area (Å²) in [6.07, 6.45) is 3.15. The van der Waals surface area contributed by atoms with E-state index in [1.54, 1.807) is 7.11 Å². The summed E-state index contributed by atoms with van der Waals surface area (Å²) in [6, 6.07) is 7.96. The van der Waals surface area contributed by atoms with Gasteiger partial charge in [-0.05, 0) is 57.2 Å². The molecule has 0 aliphatic rings. The van der Waals surface area contributed by atoms with E-state index in [9.17, 15) is 0 Å². The zero-order valence-corrected chi connectivity index (χ0v) is 11.9. The number of allylic oxidation sites excluding steroid dienone is 1. The predicted octanol–water partition coefficient (Wildman–Crippen LogP) is 3.94. The van der Waals surface area contributed by atoms with Gasteiger partial charge in [-0.15, -0.1) is 0 Å². The Hall–Kier alpha value is -0.550. The molecular weight excluding hydrogens is 315 g/mol. The molecule has 1 aromatic rings. The van der Waals surface area contributed by atoms with Gasteiger partial charge in [-0.25, -0.2) is 0 Å². The standard InChI is InChI=1S/C13H17IO2/c1-11(14)4-3-9-16-10-12-5-7-13(15-2)8-6-12/h4-8H,3,9-10H2,1-2H3/b11-4+.